The van der Waals surface area contributed by atoms with Crippen LogP contribution in [0.3, 0.4) is 0 Å². The number of likely N-dealkylation sites (N-methyl/N-ethyl adjacent to an activating group) is 1. The number of nitrogens with zero attached hydrogens (tertiary/aromatic N) is 1. The molecule has 0 aromatic heterocycles. The molecule has 1 aromatic carbocycles. The smallest absolute Gasteiger partial charge is 0.242 e. The highest BCUT2D eigenvalue weighted by atomic mass is 35.5. The van der Waals surface area contributed by atoms with Crippen LogP contribution in [0.5, 0.6) is 0 Å². The molecule has 0 fully saturated rings. The number of ether oxygens (including phenoxy) is 1. The van der Waals surface area contributed by atoms with Gasteiger partial charge in [0.2, 0.25) is 5.91 Å². The van der Waals surface area contributed by atoms with Gasteiger partial charge in [0.05, 0.1) is 16.7 Å². The van der Waals surface area contributed by atoms with E-state index in [0.717, 1.165) is 5.56 Å². The Morgan fingerprint density at radius 3 is 2.55 bits per heavy atom. The Balaban J connectivity index is 0.00000361. The summed E-state index contributed by atoms with van der Waals surface area (Å²) in [6.45, 7) is 3.12. The van der Waals surface area contributed by atoms with Gasteiger partial charge in [-0.2, -0.15) is 0 Å². The minimum atomic E-state index is -0.646. The maximum absolute atomic E-state index is 12.1. The van der Waals surface area contributed by atoms with E-state index < -0.39 is 6.04 Å². The summed E-state index contributed by atoms with van der Waals surface area (Å²) in [5, 5.41) is 0.972. The Bertz CT molecular complexity index is 444. The number of methoxy groups -OCH3 is 1. The first-order valence-corrected chi connectivity index (χ1v) is 6.72. The molecule has 0 aliphatic rings. The molecule has 7 heteroatoms. The topological polar surface area (TPSA) is 55.6 Å². The highest BCUT2D eigenvalue weighted by Gasteiger charge is 2.20. The lowest BCUT2D eigenvalue weighted by Gasteiger charge is -2.24. The number of halogens is 3. The van der Waals surface area contributed by atoms with Crippen molar-refractivity contribution in [2.24, 2.45) is 5.73 Å². The second kappa shape index (κ2) is 9.42. The lowest BCUT2D eigenvalue weighted by Crippen LogP contribution is -2.45. The summed E-state index contributed by atoms with van der Waals surface area (Å²) in [6.07, 6.45) is 0. The molecule has 1 rings (SSSR count). The zero-order chi connectivity index (χ0) is 14.4. The van der Waals surface area contributed by atoms with E-state index >= 15 is 0 Å². The third kappa shape index (κ3) is 5.46. The van der Waals surface area contributed by atoms with Gasteiger partial charge in [0.1, 0.15) is 6.04 Å². The summed E-state index contributed by atoms with van der Waals surface area (Å²) in [7, 11) is 1.52. The van der Waals surface area contributed by atoms with E-state index in [0.29, 0.717) is 23.1 Å². The molecule has 114 valence electrons. The maximum atomic E-state index is 12.1. The van der Waals surface area contributed by atoms with Crippen LogP contribution in [0, 0.1) is 0 Å². The molecule has 1 unspecified atom stereocenters. The molecule has 4 nitrogen and oxygen atoms in total. The zero-order valence-electron chi connectivity index (χ0n) is 11.4. The van der Waals surface area contributed by atoms with Crippen molar-refractivity contribution >= 4 is 41.5 Å². The molecular weight excluding hydrogens is 323 g/mol. The van der Waals surface area contributed by atoms with Crippen LogP contribution in [0.1, 0.15) is 12.5 Å². The second-order valence-electron chi connectivity index (χ2n) is 4.16. The molecule has 1 atom stereocenters. The number of carbonyl (C=O) groups excluding carboxylic acids is 1. The Morgan fingerprint density at radius 2 is 2.05 bits per heavy atom. The second-order valence-corrected chi connectivity index (χ2v) is 4.98. The summed E-state index contributed by atoms with van der Waals surface area (Å²) >= 11 is 11.8. The van der Waals surface area contributed by atoms with Crippen LogP contribution in [0.25, 0.3) is 0 Å². The Hall–Kier alpha value is -0.520. The van der Waals surface area contributed by atoms with Crippen LogP contribution in [0.2, 0.25) is 10.0 Å². The minimum absolute atomic E-state index is 0. The first-order chi connectivity index (χ1) is 8.99. The fourth-order valence-electron chi connectivity index (χ4n) is 1.69. The van der Waals surface area contributed by atoms with Crippen molar-refractivity contribution in [1.82, 2.24) is 4.90 Å². The standard InChI is InChI=1S/C13H18Cl2N2O2.ClH/c1-3-17(13(18)12(16)8-19-2)7-9-4-5-10(14)11(15)6-9;/h4-6,12H,3,7-8,16H2,1-2H3;1H. The van der Waals surface area contributed by atoms with Gasteiger partial charge in [-0.3, -0.25) is 4.79 Å². The molecule has 0 aliphatic carbocycles. The van der Waals surface area contributed by atoms with Gasteiger partial charge in [0, 0.05) is 20.2 Å². The summed E-state index contributed by atoms with van der Waals surface area (Å²) in [5.74, 6) is -0.143. The van der Waals surface area contributed by atoms with Crippen LogP contribution >= 0.6 is 35.6 Å². The highest BCUT2D eigenvalue weighted by Crippen LogP contribution is 2.23. The van der Waals surface area contributed by atoms with Crippen LogP contribution < -0.4 is 5.73 Å². The molecule has 1 amide bonds. The van der Waals surface area contributed by atoms with Gasteiger partial charge in [-0.05, 0) is 24.6 Å². The van der Waals surface area contributed by atoms with Crippen molar-refractivity contribution in [3.05, 3.63) is 33.8 Å². The molecule has 0 saturated heterocycles. The third-order valence-corrected chi connectivity index (χ3v) is 3.45. The van der Waals surface area contributed by atoms with Crippen molar-refractivity contribution < 1.29 is 9.53 Å². The van der Waals surface area contributed by atoms with Crippen molar-refractivity contribution in [2.45, 2.75) is 19.5 Å². The molecule has 0 spiro atoms. The fourth-order valence-corrected chi connectivity index (χ4v) is 2.01. The normalized spacial score (nSPS) is 11.7. The van der Waals surface area contributed by atoms with E-state index in [1.807, 2.05) is 13.0 Å². The van der Waals surface area contributed by atoms with Crippen molar-refractivity contribution in [2.75, 3.05) is 20.3 Å². The molecule has 0 bridgehead atoms. The molecule has 0 radical (unpaired) electrons. The van der Waals surface area contributed by atoms with Crippen LogP contribution in [-0.4, -0.2) is 37.1 Å². The van der Waals surface area contributed by atoms with Crippen LogP contribution in [0.15, 0.2) is 18.2 Å². The van der Waals surface area contributed by atoms with Gasteiger partial charge < -0.3 is 15.4 Å². The first kappa shape index (κ1) is 19.5. The lowest BCUT2D eigenvalue weighted by molar-refractivity contribution is -0.134. The van der Waals surface area contributed by atoms with Gasteiger partial charge >= 0.3 is 0 Å². The average Bonchev–Trinajstić information content (AvgIpc) is 2.39. The molecule has 1 aromatic rings. The fraction of sp³-hybridized carbons (Fsp3) is 0.462. The van der Waals surface area contributed by atoms with E-state index in [1.54, 1.807) is 17.0 Å². The van der Waals surface area contributed by atoms with Crippen LogP contribution in [-0.2, 0) is 16.1 Å². The number of rotatable bonds is 6. The number of benzene rings is 1. The van der Waals surface area contributed by atoms with Gasteiger partial charge in [-0.1, -0.05) is 29.3 Å². The van der Waals surface area contributed by atoms with Gasteiger partial charge in [0.25, 0.3) is 0 Å². The lowest BCUT2D eigenvalue weighted by atomic mass is 10.2. The average molecular weight is 342 g/mol. The van der Waals surface area contributed by atoms with E-state index in [9.17, 15) is 4.79 Å². The van der Waals surface area contributed by atoms with E-state index in [4.69, 9.17) is 33.7 Å². The summed E-state index contributed by atoms with van der Waals surface area (Å²) in [5.41, 5.74) is 6.66. The quantitative estimate of drug-likeness (QED) is 0.865. The monoisotopic (exact) mass is 340 g/mol. The summed E-state index contributed by atoms with van der Waals surface area (Å²) in [6, 6.07) is 4.66. The maximum Gasteiger partial charge on any atom is 0.242 e. The van der Waals surface area contributed by atoms with Gasteiger partial charge in [-0.25, -0.2) is 0 Å². The SMILES string of the molecule is CCN(Cc1ccc(Cl)c(Cl)c1)C(=O)C(N)COC.Cl. The Labute approximate surface area is 135 Å². The van der Waals surface area contributed by atoms with E-state index in [2.05, 4.69) is 0 Å². The highest BCUT2D eigenvalue weighted by molar-refractivity contribution is 6.42. The van der Waals surface area contributed by atoms with E-state index in [1.165, 1.54) is 7.11 Å². The molecular formula is C13H19Cl3N2O2. The van der Waals surface area contributed by atoms with Gasteiger partial charge in [0.15, 0.2) is 0 Å². The molecule has 0 heterocycles. The summed E-state index contributed by atoms with van der Waals surface area (Å²) in [4.78, 5) is 13.7. The Morgan fingerprint density at radius 1 is 1.40 bits per heavy atom. The summed E-state index contributed by atoms with van der Waals surface area (Å²) < 4.78 is 4.89. The van der Waals surface area contributed by atoms with Crippen molar-refractivity contribution in [1.29, 1.82) is 0 Å². The number of amides is 1. The zero-order valence-corrected chi connectivity index (χ0v) is 13.8. The molecule has 20 heavy (non-hydrogen) atoms. The number of carbonyl (C=O) groups is 1. The Kier molecular flexibility index (Phi) is 9.18. The predicted molar refractivity (Wildman–Crippen MR) is 84.7 cm³/mol. The largest absolute Gasteiger partial charge is 0.383 e. The number of hydrogen-bond donors (Lipinski definition) is 1. The van der Waals surface area contributed by atoms with Crippen molar-refractivity contribution in [3.63, 3.8) is 0 Å². The predicted octanol–water partition coefficient (Wildman–Crippen LogP) is 2.74. The molecule has 0 saturated carbocycles. The first-order valence-electron chi connectivity index (χ1n) is 5.96. The minimum Gasteiger partial charge on any atom is -0.383 e. The van der Waals surface area contributed by atoms with Crippen molar-refractivity contribution in [3.8, 4) is 0 Å². The molecule has 0 aliphatic heterocycles. The number of nitrogens with two attached hydrogens (primary N) is 1. The number of hydrogen-bond acceptors (Lipinski definition) is 3. The molecule has 2 N–H and O–H groups in total. The van der Waals surface area contributed by atoms with E-state index in [-0.39, 0.29) is 24.9 Å². The third-order valence-electron chi connectivity index (χ3n) is 2.71. The van der Waals surface area contributed by atoms with Crippen LogP contribution in [0.4, 0.5) is 0 Å². The van der Waals surface area contributed by atoms with Gasteiger partial charge in [-0.15, -0.1) is 12.4 Å².